The van der Waals surface area contributed by atoms with Crippen LogP contribution in [-0.2, 0) is 4.79 Å². The molecule has 1 aliphatic rings. The van der Waals surface area contributed by atoms with Crippen molar-refractivity contribution in [1.29, 1.82) is 0 Å². The summed E-state index contributed by atoms with van der Waals surface area (Å²) in [6, 6.07) is 0.570. The molecule has 1 aliphatic heterocycles. The quantitative estimate of drug-likeness (QED) is 0.690. The maximum absolute atomic E-state index is 11.8. The van der Waals surface area contributed by atoms with E-state index < -0.39 is 0 Å². The summed E-state index contributed by atoms with van der Waals surface area (Å²) in [6.07, 6.45) is 0.713. The van der Waals surface area contributed by atoms with Gasteiger partial charge in [-0.3, -0.25) is 9.69 Å². The molecule has 88 valence electrons. The first-order chi connectivity index (χ1) is 7.06. The monoisotopic (exact) mass is 232 g/mol. The fraction of sp³-hybridized carbons (Fsp3) is 0.909. The summed E-state index contributed by atoms with van der Waals surface area (Å²) in [7, 11) is 0. The summed E-state index contributed by atoms with van der Waals surface area (Å²) in [5.41, 5.74) is 0. The van der Waals surface area contributed by atoms with Crippen molar-refractivity contribution in [3.05, 3.63) is 0 Å². The van der Waals surface area contributed by atoms with Crippen molar-refractivity contribution in [3.63, 3.8) is 0 Å². The van der Waals surface area contributed by atoms with E-state index in [0.717, 1.165) is 26.2 Å². The van der Waals surface area contributed by atoms with Crippen LogP contribution in [0.3, 0.4) is 0 Å². The lowest BCUT2D eigenvalue weighted by molar-refractivity contribution is -0.132. The van der Waals surface area contributed by atoms with Gasteiger partial charge in [-0.15, -0.1) is 11.6 Å². The highest BCUT2D eigenvalue weighted by Crippen LogP contribution is 2.11. The van der Waals surface area contributed by atoms with Crippen molar-refractivity contribution in [2.24, 2.45) is 0 Å². The molecule has 0 radical (unpaired) electrons. The number of rotatable bonds is 3. The molecular weight excluding hydrogens is 212 g/mol. The topological polar surface area (TPSA) is 23.6 Å². The Morgan fingerprint density at radius 3 is 2.20 bits per heavy atom. The van der Waals surface area contributed by atoms with Gasteiger partial charge in [-0.25, -0.2) is 0 Å². The van der Waals surface area contributed by atoms with Gasteiger partial charge in [0.2, 0.25) is 5.91 Å². The number of hydrogen-bond acceptors (Lipinski definition) is 2. The van der Waals surface area contributed by atoms with Gasteiger partial charge in [-0.05, 0) is 20.3 Å². The standard InChI is InChI=1S/C11H21ClN2O/c1-4-10(12)11(15)14-7-5-13(6-8-14)9(2)3/h9-10H,4-8H2,1-3H3/t10-/m0/s1. The zero-order valence-corrected chi connectivity index (χ0v) is 10.6. The van der Waals surface area contributed by atoms with Gasteiger partial charge in [0.05, 0.1) is 0 Å². The highest BCUT2D eigenvalue weighted by Gasteiger charge is 2.25. The summed E-state index contributed by atoms with van der Waals surface area (Å²) in [5.74, 6) is 0.0996. The number of nitrogens with zero attached hydrogens (tertiary/aromatic N) is 2. The van der Waals surface area contributed by atoms with E-state index in [0.29, 0.717) is 12.5 Å². The van der Waals surface area contributed by atoms with Gasteiger partial charge in [-0.2, -0.15) is 0 Å². The Hall–Kier alpha value is -0.280. The number of alkyl halides is 1. The fourth-order valence-corrected chi connectivity index (χ4v) is 1.97. The molecule has 0 unspecified atom stereocenters. The van der Waals surface area contributed by atoms with Crippen LogP contribution in [0.1, 0.15) is 27.2 Å². The molecular formula is C11H21ClN2O. The molecule has 0 aromatic heterocycles. The van der Waals surface area contributed by atoms with E-state index >= 15 is 0 Å². The summed E-state index contributed by atoms with van der Waals surface area (Å²) in [5, 5.41) is -0.337. The molecule has 0 bridgehead atoms. The average molecular weight is 233 g/mol. The Kier molecular flexibility index (Phi) is 4.87. The summed E-state index contributed by atoms with van der Waals surface area (Å²) in [6.45, 7) is 9.90. The molecule has 1 saturated heterocycles. The van der Waals surface area contributed by atoms with Crippen molar-refractivity contribution in [3.8, 4) is 0 Å². The predicted molar refractivity (Wildman–Crippen MR) is 63.2 cm³/mol. The first-order valence-corrected chi connectivity index (χ1v) is 6.16. The lowest BCUT2D eigenvalue weighted by Gasteiger charge is -2.37. The van der Waals surface area contributed by atoms with Gasteiger partial charge in [-0.1, -0.05) is 6.92 Å². The Balaban J connectivity index is 2.40. The van der Waals surface area contributed by atoms with Crippen molar-refractivity contribution in [1.82, 2.24) is 9.80 Å². The van der Waals surface area contributed by atoms with Crippen molar-refractivity contribution in [2.45, 2.75) is 38.6 Å². The SMILES string of the molecule is CC[C@H](Cl)C(=O)N1CCN(C(C)C)CC1. The molecule has 1 fully saturated rings. The lowest BCUT2D eigenvalue weighted by Crippen LogP contribution is -2.52. The molecule has 0 aromatic rings. The maximum Gasteiger partial charge on any atom is 0.240 e. The van der Waals surface area contributed by atoms with E-state index in [-0.39, 0.29) is 11.3 Å². The van der Waals surface area contributed by atoms with E-state index in [1.807, 2.05) is 11.8 Å². The molecule has 1 heterocycles. The zero-order chi connectivity index (χ0) is 11.4. The summed E-state index contributed by atoms with van der Waals surface area (Å²) < 4.78 is 0. The largest absolute Gasteiger partial charge is 0.339 e. The van der Waals surface area contributed by atoms with Crippen LogP contribution in [0.2, 0.25) is 0 Å². The fourth-order valence-electron chi connectivity index (χ4n) is 1.83. The first-order valence-electron chi connectivity index (χ1n) is 5.73. The highest BCUT2D eigenvalue weighted by molar-refractivity contribution is 6.30. The molecule has 0 saturated carbocycles. The van der Waals surface area contributed by atoms with Gasteiger partial charge in [0.1, 0.15) is 5.38 Å². The predicted octanol–water partition coefficient (Wildman–Crippen LogP) is 1.56. The van der Waals surface area contributed by atoms with Crippen molar-refractivity contribution < 1.29 is 4.79 Å². The number of carbonyl (C=O) groups is 1. The number of piperazine rings is 1. The number of carbonyl (C=O) groups excluding carboxylic acids is 1. The summed E-state index contributed by atoms with van der Waals surface area (Å²) in [4.78, 5) is 16.1. The van der Waals surface area contributed by atoms with Crippen molar-refractivity contribution in [2.75, 3.05) is 26.2 Å². The van der Waals surface area contributed by atoms with Crippen LogP contribution in [0.25, 0.3) is 0 Å². The second-order valence-electron chi connectivity index (χ2n) is 4.33. The van der Waals surface area contributed by atoms with Gasteiger partial charge in [0.15, 0.2) is 0 Å². The van der Waals surface area contributed by atoms with Gasteiger partial charge in [0, 0.05) is 32.2 Å². The van der Waals surface area contributed by atoms with Crippen LogP contribution in [-0.4, -0.2) is 53.3 Å². The van der Waals surface area contributed by atoms with Crippen LogP contribution in [0.4, 0.5) is 0 Å². The van der Waals surface area contributed by atoms with E-state index in [4.69, 9.17) is 11.6 Å². The van der Waals surface area contributed by atoms with Crippen LogP contribution >= 0.6 is 11.6 Å². The van der Waals surface area contributed by atoms with E-state index in [1.54, 1.807) is 0 Å². The third-order valence-electron chi connectivity index (χ3n) is 2.98. The lowest BCUT2D eigenvalue weighted by atomic mass is 10.2. The van der Waals surface area contributed by atoms with Crippen LogP contribution in [0.5, 0.6) is 0 Å². The van der Waals surface area contributed by atoms with Crippen LogP contribution in [0.15, 0.2) is 0 Å². The molecule has 15 heavy (non-hydrogen) atoms. The van der Waals surface area contributed by atoms with E-state index in [2.05, 4.69) is 18.7 Å². The second kappa shape index (κ2) is 5.71. The zero-order valence-electron chi connectivity index (χ0n) is 9.87. The molecule has 3 nitrogen and oxygen atoms in total. The smallest absolute Gasteiger partial charge is 0.240 e. The molecule has 1 rings (SSSR count). The Morgan fingerprint density at radius 2 is 1.80 bits per heavy atom. The minimum Gasteiger partial charge on any atom is -0.339 e. The van der Waals surface area contributed by atoms with Crippen LogP contribution in [0, 0.1) is 0 Å². The number of halogens is 1. The second-order valence-corrected chi connectivity index (χ2v) is 4.86. The highest BCUT2D eigenvalue weighted by atomic mass is 35.5. The Labute approximate surface area is 97.4 Å². The molecule has 0 aliphatic carbocycles. The molecule has 0 N–H and O–H groups in total. The van der Waals surface area contributed by atoms with Crippen LogP contribution < -0.4 is 0 Å². The molecule has 1 amide bonds. The van der Waals surface area contributed by atoms with Gasteiger partial charge >= 0.3 is 0 Å². The molecule has 4 heteroatoms. The molecule has 1 atom stereocenters. The van der Waals surface area contributed by atoms with Gasteiger partial charge in [0.25, 0.3) is 0 Å². The molecule has 0 spiro atoms. The number of hydrogen-bond donors (Lipinski definition) is 0. The third kappa shape index (κ3) is 3.35. The van der Waals surface area contributed by atoms with Crippen molar-refractivity contribution >= 4 is 17.5 Å². The van der Waals surface area contributed by atoms with Gasteiger partial charge < -0.3 is 4.90 Å². The Bertz CT molecular complexity index is 213. The molecule has 0 aromatic carbocycles. The van der Waals surface area contributed by atoms with E-state index in [1.165, 1.54) is 0 Å². The Morgan fingerprint density at radius 1 is 1.27 bits per heavy atom. The average Bonchev–Trinajstić information content (AvgIpc) is 2.27. The number of amides is 1. The maximum atomic E-state index is 11.8. The third-order valence-corrected chi connectivity index (χ3v) is 3.48. The first kappa shape index (κ1) is 12.8. The minimum absolute atomic E-state index is 0.0996. The normalized spacial score (nSPS) is 20.7. The summed E-state index contributed by atoms with van der Waals surface area (Å²) >= 11 is 5.94. The van der Waals surface area contributed by atoms with E-state index in [9.17, 15) is 4.79 Å². The minimum atomic E-state index is -0.337.